The molecule has 0 unspecified atom stereocenters. The van der Waals surface area contributed by atoms with Crippen molar-refractivity contribution in [2.75, 3.05) is 24.9 Å². The third-order valence-electron chi connectivity index (χ3n) is 5.02. The molecule has 0 bridgehead atoms. The smallest absolute Gasteiger partial charge is 0.258 e. The summed E-state index contributed by atoms with van der Waals surface area (Å²) in [6.07, 6.45) is 0. The molecule has 3 aromatic carbocycles. The number of ether oxygens (including phenoxy) is 2. The second kappa shape index (κ2) is 8.23. The fourth-order valence-corrected chi connectivity index (χ4v) is 3.49. The number of nitrogens with one attached hydrogen (secondary N) is 2. The number of carbonyl (C=O) groups excluding carboxylic acids is 2. The Bertz CT molecular complexity index is 1190. The minimum atomic E-state index is -0.502. The van der Waals surface area contributed by atoms with Crippen LogP contribution in [-0.2, 0) is 4.79 Å². The zero-order valence-electron chi connectivity index (χ0n) is 17.1. The van der Waals surface area contributed by atoms with Gasteiger partial charge in [-0.3, -0.25) is 9.59 Å². The van der Waals surface area contributed by atoms with Gasteiger partial charge in [0.1, 0.15) is 0 Å². The number of nitrogens with two attached hydrogens (primary N) is 1. The number of amides is 2. The molecule has 1 aliphatic heterocycles. The lowest BCUT2D eigenvalue weighted by atomic mass is 9.99. The molecule has 0 atom stereocenters. The average molecular weight is 415 g/mol. The van der Waals surface area contributed by atoms with Crippen molar-refractivity contribution < 1.29 is 19.1 Å². The first-order chi connectivity index (χ1) is 15.0. The van der Waals surface area contributed by atoms with Crippen LogP contribution >= 0.6 is 0 Å². The van der Waals surface area contributed by atoms with E-state index in [-0.39, 0.29) is 5.91 Å². The SMILES string of the molecule is COc1cc2c(cc1OC)C(=C(Nc1ccc(C(N)=O)cc1)c1ccccc1)C(=O)N2. The predicted molar refractivity (Wildman–Crippen MR) is 120 cm³/mol. The number of benzene rings is 3. The standard InChI is InChI=1S/C24H21N3O4/c1-30-19-12-17-18(13-20(19)31-2)27-24(29)21(17)22(14-6-4-3-5-7-14)26-16-10-8-15(9-11-16)23(25)28/h3-13,26H,1-2H3,(H2,25,28)(H,27,29). The first kappa shape index (κ1) is 20.0. The normalized spacial score (nSPS) is 13.8. The molecule has 4 N–H and O–H groups in total. The average Bonchev–Trinajstić information content (AvgIpc) is 3.11. The molecule has 31 heavy (non-hydrogen) atoms. The summed E-state index contributed by atoms with van der Waals surface area (Å²) in [6, 6.07) is 19.8. The van der Waals surface area contributed by atoms with Crippen LogP contribution in [-0.4, -0.2) is 26.0 Å². The summed E-state index contributed by atoms with van der Waals surface area (Å²) in [5.41, 5.74) is 9.70. The molecule has 0 fully saturated rings. The summed E-state index contributed by atoms with van der Waals surface area (Å²) < 4.78 is 10.8. The fourth-order valence-electron chi connectivity index (χ4n) is 3.49. The van der Waals surface area contributed by atoms with Gasteiger partial charge in [0.25, 0.3) is 5.91 Å². The van der Waals surface area contributed by atoms with Gasteiger partial charge in [-0.25, -0.2) is 0 Å². The van der Waals surface area contributed by atoms with Gasteiger partial charge in [-0.15, -0.1) is 0 Å². The van der Waals surface area contributed by atoms with Crippen LogP contribution in [0.4, 0.5) is 11.4 Å². The highest BCUT2D eigenvalue weighted by molar-refractivity contribution is 6.37. The van der Waals surface area contributed by atoms with Gasteiger partial charge in [-0.05, 0) is 35.9 Å². The number of hydrogen-bond donors (Lipinski definition) is 3. The molecule has 1 heterocycles. The van der Waals surface area contributed by atoms with Gasteiger partial charge in [0, 0.05) is 22.9 Å². The Morgan fingerprint density at radius 2 is 1.55 bits per heavy atom. The van der Waals surface area contributed by atoms with E-state index in [0.717, 1.165) is 5.56 Å². The maximum atomic E-state index is 13.0. The molecule has 4 rings (SSSR count). The van der Waals surface area contributed by atoms with Crippen molar-refractivity contribution in [3.8, 4) is 11.5 Å². The summed E-state index contributed by atoms with van der Waals surface area (Å²) >= 11 is 0. The number of primary amides is 1. The third kappa shape index (κ3) is 3.81. The lowest BCUT2D eigenvalue weighted by Gasteiger charge is -2.15. The van der Waals surface area contributed by atoms with Gasteiger partial charge in [0.15, 0.2) is 11.5 Å². The molecule has 0 radical (unpaired) electrons. The van der Waals surface area contributed by atoms with Gasteiger partial charge in [0.2, 0.25) is 5.91 Å². The molecule has 156 valence electrons. The second-order valence-corrected chi connectivity index (χ2v) is 6.89. The largest absolute Gasteiger partial charge is 0.493 e. The summed E-state index contributed by atoms with van der Waals surface area (Å²) in [7, 11) is 3.10. The summed E-state index contributed by atoms with van der Waals surface area (Å²) in [5, 5.41) is 6.24. The van der Waals surface area contributed by atoms with Crippen molar-refractivity contribution in [3.63, 3.8) is 0 Å². The van der Waals surface area contributed by atoms with Crippen molar-refractivity contribution in [1.29, 1.82) is 0 Å². The maximum Gasteiger partial charge on any atom is 0.258 e. The molecule has 0 aromatic heterocycles. The van der Waals surface area contributed by atoms with E-state index >= 15 is 0 Å². The molecule has 0 aliphatic carbocycles. The highest BCUT2D eigenvalue weighted by Crippen LogP contribution is 2.43. The minimum Gasteiger partial charge on any atom is -0.493 e. The summed E-state index contributed by atoms with van der Waals surface area (Å²) in [6.45, 7) is 0. The second-order valence-electron chi connectivity index (χ2n) is 6.89. The van der Waals surface area contributed by atoms with Crippen molar-refractivity contribution in [3.05, 3.63) is 83.4 Å². The first-order valence-electron chi connectivity index (χ1n) is 9.56. The first-order valence-corrected chi connectivity index (χ1v) is 9.56. The zero-order valence-corrected chi connectivity index (χ0v) is 17.1. The molecule has 0 saturated carbocycles. The predicted octanol–water partition coefficient (Wildman–Crippen LogP) is 3.74. The van der Waals surface area contributed by atoms with Crippen LogP contribution in [0, 0.1) is 0 Å². The van der Waals surface area contributed by atoms with E-state index in [4.69, 9.17) is 15.2 Å². The van der Waals surface area contributed by atoms with Crippen LogP contribution < -0.4 is 25.8 Å². The van der Waals surface area contributed by atoms with Gasteiger partial charge in [-0.1, -0.05) is 30.3 Å². The van der Waals surface area contributed by atoms with Crippen LogP contribution in [0.2, 0.25) is 0 Å². The minimum absolute atomic E-state index is 0.245. The molecular weight excluding hydrogens is 394 g/mol. The highest BCUT2D eigenvalue weighted by atomic mass is 16.5. The van der Waals surface area contributed by atoms with E-state index in [9.17, 15) is 9.59 Å². The summed E-state index contributed by atoms with van der Waals surface area (Å²) in [4.78, 5) is 24.4. The number of hydrogen-bond acceptors (Lipinski definition) is 5. The topological polar surface area (TPSA) is 103 Å². The zero-order chi connectivity index (χ0) is 22.0. The van der Waals surface area contributed by atoms with E-state index < -0.39 is 5.91 Å². The number of anilines is 2. The van der Waals surface area contributed by atoms with Crippen molar-refractivity contribution >= 4 is 34.5 Å². The molecule has 0 spiro atoms. The molecule has 7 heteroatoms. The number of fused-ring (bicyclic) bond motifs is 1. The monoisotopic (exact) mass is 415 g/mol. The van der Waals surface area contributed by atoms with E-state index in [0.29, 0.717) is 45.3 Å². The van der Waals surface area contributed by atoms with Gasteiger partial charge in [0.05, 0.1) is 31.2 Å². The van der Waals surface area contributed by atoms with Crippen LogP contribution in [0.15, 0.2) is 66.7 Å². The summed E-state index contributed by atoms with van der Waals surface area (Å²) in [5.74, 6) is 0.302. The Morgan fingerprint density at radius 1 is 0.903 bits per heavy atom. The molecular formula is C24H21N3O4. The third-order valence-corrected chi connectivity index (χ3v) is 5.02. The molecule has 3 aromatic rings. The van der Waals surface area contributed by atoms with E-state index in [2.05, 4.69) is 10.6 Å². The number of methoxy groups -OCH3 is 2. The van der Waals surface area contributed by atoms with Gasteiger partial charge < -0.3 is 25.8 Å². The van der Waals surface area contributed by atoms with Gasteiger partial charge in [-0.2, -0.15) is 0 Å². The van der Waals surface area contributed by atoms with Crippen molar-refractivity contribution in [1.82, 2.24) is 0 Å². The number of carbonyl (C=O) groups is 2. The Morgan fingerprint density at radius 3 is 2.16 bits per heavy atom. The van der Waals surface area contributed by atoms with Crippen molar-refractivity contribution in [2.24, 2.45) is 5.73 Å². The van der Waals surface area contributed by atoms with E-state index in [1.807, 2.05) is 30.3 Å². The van der Waals surface area contributed by atoms with Crippen LogP contribution in [0.1, 0.15) is 21.5 Å². The van der Waals surface area contributed by atoms with Crippen LogP contribution in [0.3, 0.4) is 0 Å². The van der Waals surface area contributed by atoms with E-state index in [1.165, 1.54) is 0 Å². The molecule has 2 amide bonds. The maximum absolute atomic E-state index is 13.0. The lowest BCUT2D eigenvalue weighted by Crippen LogP contribution is -2.11. The number of rotatable bonds is 6. The van der Waals surface area contributed by atoms with Crippen LogP contribution in [0.25, 0.3) is 11.3 Å². The Hall–Kier alpha value is -4.26. The van der Waals surface area contributed by atoms with Crippen molar-refractivity contribution in [2.45, 2.75) is 0 Å². The highest BCUT2D eigenvalue weighted by Gasteiger charge is 2.30. The van der Waals surface area contributed by atoms with Crippen LogP contribution in [0.5, 0.6) is 11.5 Å². The Kier molecular flexibility index (Phi) is 5.32. The molecule has 1 aliphatic rings. The Balaban J connectivity index is 1.88. The lowest BCUT2D eigenvalue weighted by molar-refractivity contribution is -0.110. The molecule has 7 nitrogen and oxygen atoms in total. The fraction of sp³-hybridized carbons (Fsp3) is 0.0833. The van der Waals surface area contributed by atoms with E-state index in [1.54, 1.807) is 50.6 Å². The molecule has 0 saturated heterocycles. The van der Waals surface area contributed by atoms with Gasteiger partial charge >= 0.3 is 0 Å². The quantitative estimate of drug-likeness (QED) is 0.532. The Labute approximate surface area is 179 Å².